The smallest absolute Gasteiger partial charge is 0.254 e. The van der Waals surface area contributed by atoms with Crippen molar-refractivity contribution in [3.8, 4) is 0 Å². The van der Waals surface area contributed by atoms with Crippen LogP contribution in [0.2, 0.25) is 0 Å². The number of nitrogens with zero attached hydrogens (tertiary/aromatic N) is 1. The first-order valence-corrected chi connectivity index (χ1v) is 9.62. The molecular weight excluding hydrogens is 357 g/mol. The lowest BCUT2D eigenvalue weighted by Gasteiger charge is -2.30. The van der Waals surface area contributed by atoms with Gasteiger partial charge in [-0.2, -0.15) is 0 Å². The SMILES string of the molecule is CCN(CC)C(CNC(=O)CNC(=O)c1ccccc1F)Cc1ccccc1. The Morgan fingerprint density at radius 1 is 0.964 bits per heavy atom. The monoisotopic (exact) mass is 385 g/mol. The van der Waals surface area contributed by atoms with Gasteiger partial charge in [-0.1, -0.05) is 56.3 Å². The fourth-order valence-electron chi connectivity index (χ4n) is 3.15. The van der Waals surface area contributed by atoms with Crippen molar-refractivity contribution in [1.82, 2.24) is 15.5 Å². The zero-order chi connectivity index (χ0) is 20.4. The van der Waals surface area contributed by atoms with Crippen LogP contribution in [0, 0.1) is 5.82 Å². The maximum Gasteiger partial charge on any atom is 0.254 e. The number of carbonyl (C=O) groups is 2. The third kappa shape index (κ3) is 6.46. The number of benzene rings is 2. The van der Waals surface area contributed by atoms with E-state index in [0.717, 1.165) is 19.5 Å². The average molecular weight is 385 g/mol. The highest BCUT2D eigenvalue weighted by molar-refractivity contribution is 5.96. The van der Waals surface area contributed by atoms with Crippen molar-refractivity contribution in [1.29, 1.82) is 0 Å². The molecule has 0 aliphatic carbocycles. The molecule has 0 bridgehead atoms. The highest BCUT2D eigenvalue weighted by Crippen LogP contribution is 2.09. The Hall–Kier alpha value is -2.73. The Kier molecular flexibility index (Phi) is 8.62. The number of amides is 2. The highest BCUT2D eigenvalue weighted by atomic mass is 19.1. The molecule has 0 aliphatic heterocycles. The van der Waals surface area contributed by atoms with Gasteiger partial charge in [0.25, 0.3) is 5.91 Å². The summed E-state index contributed by atoms with van der Waals surface area (Å²) in [7, 11) is 0. The molecule has 1 unspecified atom stereocenters. The van der Waals surface area contributed by atoms with E-state index in [9.17, 15) is 14.0 Å². The minimum atomic E-state index is -0.607. The van der Waals surface area contributed by atoms with Crippen LogP contribution in [-0.2, 0) is 11.2 Å². The molecule has 0 saturated carbocycles. The van der Waals surface area contributed by atoms with Crippen LogP contribution in [0.15, 0.2) is 54.6 Å². The number of hydrogen-bond donors (Lipinski definition) is 2. The lowest BCUT2D eigenvalue weighted by Crippen LogP contribution is -2.47. The van der Waals surface area contributed by atoms with E-state index < -0.39 is 11.7 Å². The third-order valence-corrected chi connectivity index (χ3v) is 4.71. The molecule has 2 N–H and O–H groups in total. The predicted octanol–water partition coefficient (Wildman–Crippen LogP) is 2.62. The van der Waals surface area contributed by atoms with Crippen LogP contribution in [0.4, 0.5) is 4.39 Å². The predicted molar refractivity (Wildman–Crippen MR) is 109 cm³/mol. The van der Waals surface area contributed by atoms with Crippen LogP contribution in [0.3, 0.4) is 0 Å². The molecule has 6 heteroatoms. The standard InChI is InChI=1S/C22H28FN3O2/c1-3-26(4-2)18(14-17-10-6-5-7-11-17)15-24-21(27)16-25-22(28)19-12-8-9-13-20(19)23/h5-13,18H,3-4,14-16H2,1-2H3,(H,24,27)(H,25,28). The van der Waals surface area contributed by atoms with Crippen LogP contribution in [-0.4, -0.2) is 48.9 Å². The van der Waals surface area contributed by atoms with Gasteiger partial charge in [-0.15, -0.1) is 0 Å². The van der Waals surface area contributed by atoms with Crippen molar-refractivity contribution in [2.75, 3.05) is 26.2 Å². The Bertz CT molecular complexity index is 763. The van der Waals surface area contributed by atoms with Gasteiger partial charge in [0.15, 0.2) is 0 Å². The molecule has 1 atom stereocenters. The number of nitrogens with one attached hydrogen (secondary N) is 2. The zero-order valence-corrected chi connectivity index (χ0v) is 16.5. The molecule has 0 radical (unpaired) electrons. The summed E-state index contributed by atoms with van der Waals surface area (Å²) >= 11 is 0. The maximum atomic E-state index is 13.6. The average Bonchev–Trinajstić information content (AvgIpc) is 2.72. The Balaban J connectivity index is 1.88. The van der Waals surface area contributed by atoms with E-state index in [2.05, 4.69) is 41.5 Å². The first kappa shape index (κ1) is 21.6. The summed E-state index contributed by atoms with van der Waals surface area (Å²) in [5.74, 6) is -1.50. The largest absolute Gasteiger partial charge is 0.353 e. The van der Waals surface area contributed by atoms with Gasteiger partial charge in [0, 0.05) is 12.6 Å². The quantitative estimate of drug-likeness (QED) is 0.661. The number of hydrogen-bond acceptors (Lipinski definition) is 3. The number of rotatable bonds is 10. The van der Waals surface area contributed by atoms with Gasteiger partial charge < -0.3 is 10.6 Å². The van der Waals surface area contributed by atoms with Crippen LogP contribution < -0.4 is 10.6 Å². The molecule has 0 heterocycles. The van der Waals surface area contributed by atoms with Gasteiger partial charge in [-0.25, -0.2) is 4.39 Å². The minimum Gasteiger partial charge on any atom is -0.353 e. The van der Waals surface area contributed by atoms with E-state index in [1.54, 1.807) is 6.07 Å². The van der Waals surface area contributed by atoms with Crippen LogP contribution in [0.1, 0.15) is 29.8 Å². The van der Waals surface area contributed by atoms with E-state index in [0.29, 0.717) is 6.54 Å². The zero-order valence-electron chi connectivity index (χ0n) is 16.5. The fraction of sp³-hybridized carbons (Fsp3) is 0.364. The normalized spacial score (nSPS) is 11.9. The lowest BCUT2D eigenvalue weighted by atomic mass is 10.0. The molecule has 0 spiro atoms. The Labute approximate surface area is 165 Å². The Morgan fingerprint density at radius 2 is 1.61 bits per heavy atom. The van der Waals surface area contributed by atoms with Crippen molar-refractivity contribution in [2.24, 2.45) is 0 Å². The van der Waals surface area contributed by atoms with Crippen LogP contribution >= 0.6 is 0 Å². The van der Waals surface area contributed by atoms with E-state index in [1.165, 1.54) is 23.8 Å². The second kappa shape index (κ2) is 11.2. The summed E-state index contributed by atoms with van der Waals surface area (Å²) in [6.07, 6.45) is 0.824. The second-order valence-corrected chi connectivity index (χ2v) is 6.53. The lowest BCUT2D eigenvalue weighted by molar-refractivity contribution is -0.120. The summed E-state index contributed by atoms with van der Waals surface area (Å²) in [5, 5.41) is 5.35. The molecule has 2 amide bonds. The molecule has 28 heavy (non-hydrogen) atoms. The molecule has 2 rings (SSSR count). The molecule has 5 nitrogen and oxygen atoms in total. The fourth-order valence-corrected chi connectivity index (χ4v) is 3.15. The van der Waals surface area contributed by atoms with Crippen molar-refractivity contribution in [3.63, 3.8) is 0 Å². The van der Waals surface area contributed by atoms with E-state index >= 15 is 0 Å². The summed E-state index contributed by atoms with van der Waals surface area (Å²) in [5.41, 5.74) is 1.14. The number of halogens is 1. The van der Waals surface area contributed by atoms with Crippen molar-refractivity contribution >= 4 is 11.8 Å². The molecule has 0 aromatic heterocycles. The molecule has 2 aromatic carbocycles. The molecule has 150 valence electrons. The van der Waals surface area contributed by atoms with Crippen LogP contribution in [0.5, 0.6) is 0 Å². The van der Waals surface area contributed by atoms with E-state index in [-0.39, 0.29) is 24.1 Å². The molecule has 2 aromatic rings. The van der Waals surface area contributed by atoms with Gasteiger partial charge in [-0.05, 0) is 37.2 Å². The first-order valence-electron chi connectivity index (χ1n) is 9.62. The van der Waals surface area contributed by atoms with E-state index in [4.69, 9.17) is 0 Å². The summed E-state index contributed by atoms with van der Waals surface area (Å²) < 4.78 is 13.6. The molecular formula is C22H28FN3O2. The number of carbonyl (C=O) groups excluding carboxylic acids is 2. The molecule has 0 aliphatic rings. The molecule has 0 fully saturated rings. The third-order valence-electron chi connectivity index (χ3n) is 4.71. The van der Waals surface area contributed by atoms with E-state index in [1.807, 2.05) is 18.2 Å². The first-order chi connectivity index (χ1) is 13.5. The van der Waals surface area contributed by atoms with Gasteiger partial charge in [0.1, 0.15) is 5.82 Å². The van der Waals surface area contributed by atoms with Gasteiger partial charge in [0.2, 0.25) is 5.91 Å². The number of likely N-dealkylation sites (N-methyl/N-ethyl adjacent to an activating group) is 1. The molecule has 0 saturated heterocycles. The second-order valence-electron chi connectivity index (χ2n) is 6.53. The maximum absolute atomic E-state index is 13.6. The van der Waals surface area contributed by atoms with Gasteiger partial charge >= 0.3 is 0 Å². The highest BCUT2D eigenvalue weighted by Gasteiger charge is 2.18. The van der Waals surface area contributed by atoms with Gasteiger partial charge in [0.05, 0.1) is 12.1 Å². The van der Waals surface area contributed by atoms with Crippen molar-refractivity contribution < 1.29 is 14.0 Å². The summed E-state index contributed by atoms with van der Waals surface area (Å²) in [6, 6.07) is 16.0. The van der Waals surface area contributed by atoms with Crippen molar-refractivity contribution in [3.05, 3.63) is 71.5 Å². The van der Waals surface area contributed by atoms with Gasteiger partial charge in [-0.3, -0.25) is 14.5 Å². The topological polar surface area (TPSA) is 61.4 Å². The van der Waals surface area contributed by atoms with Crippen LogP contribution in [0.25, 0.3) is 0 Å². The summed E-state index contributed by atoms with van der Waals surface area (Å²) in [4.78, 5) is 26.5. The Morgan fingerprint density at radius 3 is 2.25 bits per heavy atom. The minimum absolute atomic E-state index is 0.0691. The van der Waals surface area contributed by atoms with Crippen molar-refractivity contribution in [2.45, 2.75) is 26.3 Å². The summed E-state index contributed by atoms with van der Waals surface area (Å²) in [6.45, 7) is 6.24.